The summed E-state index contributed by atoms with van der Waals surface area (Å²) in [4.78, 5) is 5.22. The van der Waals surface area contributed by atoms with Crippen molar-refractivity contribution in [1.29, 1.82) is 0 Å². The van der Waals surface area contributed by atoms with Gasteiger partial charge in [0.05, 0.1) is 6.61 Å². The fourth-order valence-corrected chi connectivity index (χ4v) is 1.22. The fourth-order valence-electron chi connectivity index (χ4n) is 1.22. The summed E-state index contributed by atoms with van der Waals surface area (Å²) in [5.41, 5.74) is 4.11. The summed E-state index contributed by atoms with van der Waals surface area (Å²) in [7, 11) is 0. The van der Waals surface area contributed by atoms with Crippen LogP contribution in [0.2, 0.25) is 0 Å². The molecule has 15 heavy (non-hydrogen) atoms. The monoisotopic (exact) mass is 209 g/mol. The van der Waals surface area contributed by atoms with Gasteiger partial charge in [-0.3, -0.25) is 0 Å². The van der Waals surface area contributed by atoms with Gasteiger partial charge in [0.2, 0.25) is 0 Å². The molecule has 0 aliphatic carbocycles. The molecule has 2 N–H and O–H groups in total. The van der Waals surface area contributed by atoms with E-state index < -0.39 is 0 Å². The highest BCUT2D eigenvalue weighted by atomic mass is 16.6. The molecular weight excluding hydrogens is 190 g/mol. The van der Waals surface area contributed by atoms with Crippen LogP contribution in [0.4, 0.5) is 0 Å². The largest absolute Gasteiger partial charge is 0.508 e. The number of phenols is 1. The molecule has 3 nitrogen and oxygen atoms in total. The Kier molecular flexibility index (Phi) is 5.81. The molecule has 0 spiro atoms. The molecule has 0 heterocycles. The molecule has 1 aromatic carbocycles. The van der Waals surface area contributed by atoms with Crippen molar-refractivity contribution in [3.8, 4) is 5.75 Å². The molecule has 0 aliphatic heterocycles. The lowest BCUT2D eigenvalue weighted by molar-refractivity contribution is 0.0401. The molecule has 0 bridgehead atoms. The quantitative estimate of drug-likeness (QED) is 0.534. The maximum atomic E-state index is 9.09. The molecule has 0 atom stereocenters. The first kappa shape index (κ1) is 12.0. The summed E-state index contributed by atoms with van der Waals surface area (Å²) >= 11 is 0. The van der Waals surface area contributed by atoms with Crippen molar-refractivity contribution in [3.63, 3.8) is 0 Å². The number of unbranched alkanes of at least 4 members (excludes halogenated alkanes) is 1. The number of hydroxylamine groups is 1. The predicted octanol–water partition coefficient (Wildman–Crippen LogP) is 2.26. The standard InChI is InChI=1S/C12H19NO2/c1-2-3-10-15-13-9-8-11-4-6-12(14)7-5-11/h4-7,13-14H,2-3,8-10H2,1H3. The molecule has 0 amide bonds. The lowest BCUT2D eigenvalue weighted by Crippen LogP contribution is -2.18. The van der Waals surface area contributed by atoms with Crippen molar-refractivity contribution in [1.82, 2.24) is 5.48 Å². The zero-order valence-electron chi connectivity index (χ0n) is 9.20. The van der Waals surface area contributed by atoms with E-state index in [1.807, 2.05) is 12.1 Å². The fraction of sp³-hybridized carbons (Fsp3) is 0.500. The van der Waals surface area contributed by atoms with E-state index in [1.54, 1.807) is 12.1 Å². The molecule has 0 aliphatic rings. The molecule has 0 saturated carbocycles. The normalized spacial score (nSPS) is 10.5. The van der Waals surface area contributed by atoms with Crippen LogP contribution >= 0.6 is 0 Å². The molecular formula is C12H19NO2. The van der Waals surface area contributed by atoms with Crippen LogP contribution in [0, 0.1) is 0 Å². The molecule has 1 aromatic rings. The van der Waals surface area contributed by atoms with E-state index in [-0.39, 0.29) is 0 Å². The van der Waals surface area contributed by atoms with Crippen molar-refractivity contribution in [3.05, 3.63) is 29.8 Å². The molecule has 0 fully saturated rings. The van der Waals surface area contributed by atoms with Crippen molar-refractivity contribution in [2.45, 2.75) is 26.2 Å². The minimum absolute atomic E-state index is 0.311. The van der Waals surface area contributed by atoms with Gasteiger partial charge in [-0.25, -0.2) is 5.48 Å². The topological polar surface area (TPSA) is 41.5 Å². The van der Waals surface area contributed by atoms with Gasteiger partial charge >= 0.3 is 0 Å². The Morgan fingerprint density at radius 1 is 1.27 bits per heavy atom. The number of hydrogen-bond donors (Lipinski definition) is 2. The van der Waals surface area contributed by atoms with Gasteiger partial charge in [0.1, 0.15) is 5.75 Å². The average Bonchev–Trinajstić information content (AvgIpc) is 2.26. The Bertz CT molecular complexity index is 259. The van der Waals surface area contributed by atoms with E-state index in [1.165, 1.54) is 5.56 Å². The van der Waals surface area contributed by atoms with Crippen LogP contribution in [0.3, 0.4) is 0 Å². The van der Waals surface area contributed by atoms with Crippen LogP contribution in [0.5, 0.6) is 5.75 Å². The second-order valence-electron chi connectivity index (χ2n) is 3.51. The minimum Gasteiger partial charge on any atom is -0.508 e. The summed E-state index contributed by atoms with van der Waals surface area (Å²) in [5, 5.41) is 9.09. The molecule has 3 heteroatoms. The maximum Gasteiger partial charge on any atom is 0.115 e. The van der Waals surface area contributed by atoms with Crippen LogP contribution < -0.4 is 5.48 Å². The molecule has 0 aromatic heterocycles. The van der Waals surface area contributed by atoms with Gasteiger partial charge < -0.3 is 9.94 Å². The average molecular weight is 209 g/mol. The number of hydrogen-bond acceptors (Lipinski definition) is 3. The van der Waals surface area contributed by atoms with Crippen LogP contribution in [0.15, 0.2) is 24.3 Å². The third-order valence-corrected chi connectivity index (χ3v) is 2.15. The Morgan fingerprint density at radius 2 is 2.00 bits per heavy atom. The third-order valence-electron chi connectivity index (χ3n) is 2.15. The SMILES string of the molecule is CCCCONCCc1ccc(O)cc1. The Labute approximate surface area is 91.0 Å². The van der Waals surface area contributed by atoms with Crippen LogP contribution in [0.1, 0.15) is 25.3 Å². The van der Waals surface area contributed by atoms with Gasteiger partial charge in [0, 0.05) is 6.54 Å². The summed E-state index contributed by atoms with van der Waals surface area (Å²) in [5.74, 6) is 0.311. The first-order valence-corrected chi connectivity index (χ1v) is 5.45. The predicted molar refractivity (Wildman–Crippen MR) is 60.7 cm³/mol. The highest BCUT2D eigenvalue weighted by Crippen LogP contribution is 2.09. The van der Waals surface area contributed by atoms with E-state index in [4.69, 9.17) is 9.94 Å². The Balaban J connectivity index is 2.07. The van der Waals surface area contributed by atoms with Crippen LogP contribution in [-0.4, -0.2) is 18.3 Å². The van der Waals surface area contributed by atoms with Crippen LogP contribution in [0.25, 0.3) is 0 Å². The highest BCUT2D eigenvalue weighted by Gasteiger charge is 1.93. The van der Waals surface area contributed by atoms with Crippen molar-refractivity contribution >= 4 is 0 Å². The van der Waals surface area contributed by atoms with Crippen molar-refractivity contribution in [2.24, 2.45) is 0 Å². The Morgan fingerprint density at radius 3 is 2.67 bits per heavy atom. The highest BCUT2D eigenvalue weighted by molar-refractivity contribution is 5.25. The molecule has 1 rings (SSSR count). The van der Waals surface area contributed by atoms with E-state index in [0.717, 1.165) is 32.4 Å². The lowest BCUT2D eigenvalue weighted by atomic mass is 10.1. The summed E-state index contributed by atoms with van der Waals surface area (Å²) in [6, 6.07) is 7.24. The first-order valence-electron chi connectivity index (χ1n) is 5.45. The zero-order chi connectivity index (χ0) is 10.9. The van der Waals surface area contributed by atoms with Gasteiger partial charge in [-0.2, -0.15) is 0 Å². The van der Waals surface area contributed by atoms with Gasteiger partial charge in [-0.05, 0) is 30.5 Å². The first-order chi connectivity index (χ1) is 7.33. The van der Waals surface area contributed by atoms with E-state index >= 15 is 0 Å². The summed E-state index contributed by atoms with van der Waals surface area (Å²) in [6.07, 6.45) is 3.15. The smallest absolute Gasteiger partial charge is 0.115 e. The third kappa shape index (κ3) is 5.40. The summed E-state index contributed by atoms with van der Waals surface area (Å²) in [6.45, 7) is 3.71. The van der Waals surface area contributed by atoms with Crippen molar-refractivity contribution in [2.75, 3.05) is 13.2 Å². The van der Waals surface area contributed by atoms with Gasteiger partial charge in [0.15, 0.2) is 0 Å². The minimum atomic E-state index is 0.311. The maximum absolute atomic E-state index is 9.09. The van der Waals surface area contributed by atoms with E-state index in [0.29, 0.717) is 5.75 Å². The van der Waals surface area contributed by atoms with Crippen LogP contribution in [-0.2, 0) is 11.3 Å². The molecule has 0 radical (unpaired) electrons. The van der Waals surface area contributed by atoms with E-state index in [9.17, 15) is 0 Å². The molecule has 0 saturated heterocycles. The van der Waals surface area contributed by atoms with E-state index in [2.05, 4.69) is 12.4 Å². The van der Waals surface area contributed by atoms with Crippen molar-refractivity contribution < 1.29 is 9.94 Å². The van der Waals surface area contributed by atoms with Gasteiger partial charge in [-0.1, -0.05) is 25.5 Å². The molecule has 84 valence electrons. The number of aromatic hydroxyl groups is 1. The Hall–Kier alpha value is -1.06. The molecule has 0 unspecified atom stereocenters. The number of nitrogens with one attached hydrogen (secondary N) is 1. The van der Waals surface area contributed by atoms with Gasteiger partial charge in [-0.15, -0.1) is 0 Å². The second kappa shape index (κ2) is 7.26. The second-order valence-corrected chi connectivity index (χ2v) is 3.51. The number of benzene rings is 1. The summed E-state index contributed by atoms with van der Waals surface area (Å²) < 4.78 is 0. The lowest BCUT2D eigenvalue weighted by Gasteiger charge is -2.05. The number of rotatable bonds is 7. The van der Waals surface area contributed by atoms with Gasteiger partial charge in [0.25, 0.3) is 0 Å². The number of phenolic OH excluding ortho intramolecular Hbond substituents is 1. The zero-order valence-corrected chi connectivity index (χ0v) is 9.20.